The molecule has 0 saturated heterocycles. The van der Waals surface area contributed by atoms with Crippen LogP contribution in [0.3, 0.4) is 0 Å². The van der Waals surface area contributed by atoms with Crippen LogP contribution in [0.5, 0.6) is 0 Å². The maximum absolute atomic E-state index is 14.8. The van der Waals surface area contributed by atoms with Gasteiger partial charge in [-0.05, 0) is 76.2 Å². The quantitative estimate of drug-likeness (QED) is 0.137. The fraction of sp³-hybridized carbons (Fsp3) is 0.241. The van der Waals surface area contributed by atoms with Gasteiger partial charge >= 0.3 is 0 Å². The number of unbranched alkanes of at least 4 members (excludes halogenated alkanes) is 4. The van der Waals surface area contributed by atoms with E-state index in [9.17, 15) is 22.0 Å². The molecule has 0 radical (unpaired) electrons. The van der Waals surface area contributed by atoms with Crippen molar-refractivity contribution >= 4 is 10.8 Å². The van der Waals surface area contributed by atoms with Crippen molar-refractivity contribution in [2.45, 2.75) is 45.4 Å². The van der Waals surface area contributed by atoms with Gasteiger partial charge < -0.3 is 0 Å². The van der Waals surface area contributed by atoms with Crippen molar-refractivity contribution in [3.63, 3.8) is 0 Å². The first-order valence-electron chi connectivity index (χ1n) is 11.5. The Bertz CT molecular complexity index is 1280. The van der Waals surface area contributed by atoms with Gasteiger partial charge in [-0.1, -0.05) is 62.9 Å². The van der Waals surface area contributed by atoms with Crippen molar-refractivity contribution in [3.8, 4) is 22.3 Å². The first-order valence-corrected chi connectivity index (χ1v) is 11.5. The molecule has 0 amide bonds. The molecule has 4 rings (SSSR count). The van der Waals surface area contributed by atoms with Crippen LogP contribution in [0, 0.1) is 29.1 Å². The molecule has 0 aromatic heterocycles. The van der Waals surface area contributed by atoms with Gasteiger partial charge in [0.05, 0.1) is 5.56 Å². The lowest BCUT2D eigenvalue weighted by molar-refractivity contribution is 0.447. The van der Waals surface area contributed by atoms with Crippen molar-refractivity contribution in [2.24, 2.45) is 0 Å². The van der Waals surface area contributed by atoms with E-state index in [-0.39, 0.29) is 0 Å². The van der Waals surface area contributed by atoms with E-state index in [1.54, 1.807) is 6.07 Å². The topological polar surface area (TPSA) is 0 Å². The molecule has 0 nitrogen and oxygen atoms in total. The largest absolute Gasteiger partial charge is 0.206 e. The summed E-state index contributed by atoms with van der Waals surface area (Å²) in [4.78, 5) is 0. The lowest BCUT2D eigenvalue weighted by atomic mass is 9.96. The summed E-state index contributed by atoms with van der Waals surface area (Å²) in [7, 11) is 0. The molecule has 0 fully saturated rings. The zero-order valence-corrected chi connectivity index (χ0v) is 18.9. The van der Waals surface area contributed by atoms with E-state index in [0.29, 0.717) is 23.3 Å². The van der Waals surface area contributed by atoms with Gasteiger partial charge in [-0.2, -0.15) is 0 Å². The van der Waals surface area contributed by atoms with E-state index < -0.39 is 40.2 Å². The standard InChI is InChI=1S/C29H25F5/c1-2-3-4-5-6-7-18-8-9-20-13-21(11-10-19(20)12-18)22-14-24(30)28(25(31)15-22)23-16-26(32)29(34)27(33)17-23/h8-17H,2-7H2,1H3. The normalized spacial score (nSPS) is 11.4. The predicted octanol–water partition coefficient (Wildman–Crippen LogP) is 9.38. The number of hydrogen-bond acceptors (Lipinski definition) is 0. The number of aryl methyl sites for hydroxylation is 1. The highest BCUT2D eigenvalue weighted by molar-refractivity contribution is 5.88. The highest BCUT2D eigenvalue weighted by atomic mass is 19.2. The smallest absolute Gasteiger partial charge is 0.194 e. The molecule has 34 heavy (non-hydrogen) atoms. The van der Waals surface area contributed by atoms with Crippen molar-refractivity contribution in [2.75, 3.05) is 0 Å². The number of hydrogen-bond donors (Lipinski definition) is 0. The molecule has 176 valence electrons. The number of rotatable bonds is 8. The third-order valence-electron chi connectivity index (χ3n) is 6.12. The molecule has 5 heteroatoms. The van der Waals surface area contributed by atoms with Crippen LogP contribution in [-0.2, 0) is 6.42 Å². The van der Waals surface area contributed by atoms with Crippen molar-refractivity contribution in [3.05, 3.63) is 95.3 Å². The summed E-state index contributed by atoms with van der Waals surface area (Å²) < 4.78 is 70.0. The third-order valence-corrected chi connectivity index (χ3v) is 6.12. The van der Waals surface area contributed by atoms with Gasteiger partial charge in [-0.3, -0.25) is 0 Å². The second-order valence-corrected chi connectivity index (χ2v) is 8.63. The summed E-state index contributed by atoms with van der Waals surface area (Å²) in [6.07, 6.45) is 7.12. The Kier molecular flexibility index (Phi) is 7.30. The van der Waals surface area contributed by atoms with Crippen LogP contribution in [0.1, 0.15) is 44.6 Å². The molecule has 0 saturated carbocycles. The number of fused-ring (bicyclic) bond motifs is 1. The van der Waals surface area contributed by atoms with Crippen LogP contribution in [0.25, 0.3) is 33.0 Å². The maximum Gasteiger partial charge on any atom is 0.194 e. The Morgan fingerprint density at radius 2 is 1.12 bits per heavy atom. The fourth-order valence-corrected chi connectivity index (χ4v) is 4.28. The molecular formula is C29H25F5. The van der Waals surface area contributed by atoms with E-state index in [1.807, 2.05) is 18.2 Å². The van der Waals surface area contributed by atoms with Crippen LogP contribution >= 0.6 is 0 Å². The van der Waals surface area contributed by atoms with Gasteiger partial charge in [-0.25, -0.2) is 22.0 Å². The van der Waals surface area contributed by atoms with Crippen LogP contribution in [0.4, 0.5) is 22.0 Å². The second kappa shape index (κ2) is 10.4. The lowest BCUT2D eigenvalue weighted by Crippen LogP contribution is -1.97. The molecule has 0 aliphatic heterocycles. The van der Waals surface area contributed by atoms with Gasteiger partial charge in [-0.15, -0.1) is 0 Å². The molecule has 0 aliphatic rings. The Balaban J connectivity index is 1.60. The summed E-state index contributed by atoms with van der Waals surface area (Å²) >= 11 is 0. The first kappa shape index (κ1) is 23.9. The predicted molar refractivity (Wildman–Crippen MR) is 127 cm³/mol. The summed E-state index contributed by atoms with van der Waals surface area (Å²) in [5.74, 6) is -6.67. The second-order valence-electron chi connectivity index (χ2n) is 8.63. The Morgan fingerprint density at radius 3 is 1.79 bits per heavy atom. The Hall–Kier alpha value is -3.21. The van der Waals surface area contributed by atoms with Gasteiger partial charge in [0.25, 0.3) is 0 Å². The van der Waals surface area contributed by atoms with E-state index >= 15 is 0 Å². The Labute approximate surface area is 196 Å². The molecule has 4 aromatic carbocycles. The molecule has 0 atom stereocenters. The zero-order valence-electron chi connectivity index (χ0n) is 18.9. The minimum atomic E-state index is -1.68. The molecular weight excluding hydrogens is 443 g/mol. The van der Waals surface area contributed by atoms with E-state index in [1.165, 1.54) is 31.2 Å². The average molecular weight is 469 g/mol. The lowest BCUT2D eigenvalue weighted by Gasteiger charge is -2.11. The number of halogens is 5. The molecule has 0 aliphatic carbocycles. The van der Waals surface area contributed by atoms with Crippen LogP contribution in [0.15, 0.2) is 60.7 Å². The van der Waals surface area contributed by atoms with Crippen molar-refractivity contribution in [1.82, 2.24) is 0 Å². The van der Waals surface area contributed by atoms with Crippen LogP contribution in [-0.4, -0.2) is 0 Å². The van der Waals surface area contributed by atoms with Gasteiger partial charge in [0.15, 0.2) is 17.5 Å². The molecule has 0 bridgehead atoms. The van der Waals surface area contributed by atoms with Crippen LogP contribution < -0.4 is 0 Å². The van der Waals surface area contributed by atoms with Crippen LogP contribution in [0.2, 0.25) is 0 Å². The highest BCUT2D eigenvalue weighted by Gasteiger charge is 2.19. The summed E-state index contributed by atoms with van der Waals surface area (Å²) in [5, 5.41) is 1.99. The molecule has 0 unspecified atom stereocenters. The minimum absolute atomic E-state index is 0.295. The molecule has 0 spiro atoms. The highest BCUT2D eigenvalue weighted by Crippen LogP contribution is 2.33. The average Bonchev–Trinajstić information content (AvgIpc) is 2.81. The van der Waals surface area contributed by atoms with Crippen molar-refractivity contribution in [1.29, 1.82) is 0 Å². The van der Waals surface area contributed by atoms with E-state index in [4.69, 9.17) is 0 Å². The van der Waals surface area contributed by atoms with E-state index in [0.717, 1.165) is 35.7 Å². The van der Waals surface area contributed by atoms with E-state index in [2.05, 4.69) is 19.1 Å². The van der Waals surface area contributed by atoms with Gasteiger partial charge in [0.2, 0.25) is 0 Å². The zero-order chi connectivity index (χ0) is 24.2. The molecule has 4 aromatic rings. The Morgan fingerprint density at radius 1 is 0.529 bits per heavy atom. The van der Waals surface area contributed by atoms with Gasteiger partial charge in [0.1, 0.15) is 11.6 Å². The van der Waals surface area contributed by atoms with Gasteiger partial charge in [0, 0.05) is 0 Å². The number of benzene rings is 4. The first-order chi connectivity index (χ1) is 16.4. The summed E-state index contributed by atoms with van der Waals surface area (Å²) in [5.41, 5.74) is 1.16. The summed E-state index contributed by atoms with van der Waals surface area (Å²) in [6, 6.07) is 15.2. The maximum atomic E-state index is 14.8. The summed E-state index contributed by atoms with van der Waals surface area (Å²) in [6.45, 7) is 2.20. The SMILES string of the molecule is CCCCCCCc1ccc2cc(-c3cc(F)c(-c4cc(F)c(F)c(F)c4)c(F)c3)ccc2c1. The molecule has 0 N–H and O–H groups in total. The molecule has 0 heterocycles. The third kappa shape index (κ3) is 5.14. The fourth-order valence-electron chi connectivity index (χ4n) is 4.28. The minimum Gasteiger partial charge on any atom is -0.206 e. The van der Waals surface area contributed by atoms with Crippen molar-refractivity contribution < 1.29 is 22.0 Å². The monoisotopic (exact) mass is 468 g/mol.